The SMILES string of the molecule is C[C@H]1CNCCN1CC(=O)N1CCc2ccccc2C1. The predicted molar refractivity (Wildman–Crippen MR) is 79.5 cm³/mol. The standard InChI is InChI=1S/C16H23N3O/c1-13-10-17-7-9-18(13)12-16(20)19-8-6-14-4-2-3-5-15(14)11-19/h2-5,13,17H,6-12H2,1H3/t13-/m0/s1. The van der Waals surface area contributed by atoms with E-state index in [1.54, 1.807) is 0 Å². The summed E-state index contributed by atoms with van der Waals surface area (Å²) in [5.41, 5.74) is 2.70. The number of nitrogens with one attached hydrogen (secondary N) is 1. The summed E-state index contributed by atoms with van der Waals surface area (Å²) in [5.74, 6) is 0.272. The van der Waals surface area contributed by atoms with E-state index in [2.05, 4.69) is 41.4 Å². The monoisotopic (exact) mass is 273 g/mol. The Hall–Kier alpha value is -1.39. The Morgan fingerprint density at radius 3 is 2.90 bits per heavy atom. The molecule has 0 spiro atoms. The number of carbonyl (C=O) groups excluding carboxylic acids is 1. The Labute approximate surface area is 120 Å². The molecule has 20 heavy (non-hydrogen) atoms. The van der Waals surface area contributed by atoms with Crippen molar-refractivity contribution in [1.29, 1.82) is 0 Å². The first-order valence-corrected chi connectivity index (χ1v) is 7.53. The normalized spacial score (nSPS) is 23.4. The Kier molecular flexibility index (Phi) is 4.03. The van der Waals surface area contributed by atoms with E-state index >= 15 is 0 Å². The van der Waals surface area contributed by atoms with Crippen LogP contribution in [0, 0.1) is 0 Å². The van der Waals surface area contributed by atoms with Gasteiger partial charge in [0.25, 0.3) is 0 Å². The zero-order valence-corrected chi connectivity index (χ0v) is 12.1. The lowest BCUT2D eigenvalue weighted by Crippen LogP contribution is -2.53. The summed E-state index contributed by atoms with van der Waals surface area (Å²) in [6.45, 7) is 7.32. The highest BCUT2D eigenvalue weighted by atomic mass is 16.2. The van der Waals surface area contributed by atoms with Crippen molar-refractivity contribution in [2.45, 2.75) is 25.9 Å². The Balaban J connectivity index is 1.61. The van der Waals surface area contributed by atoms with E-state index in [4.69, 9.17) is 0 Å². The fourth-order valence-electron chi connectivity index (χ4n) is 3.10. The number of nitrogens with zero attached hydrogens (tertiary/aromatic N) is 2. The second kappa shape index (κ2) is 5.94. The van der Waals surface area contributed by atoms with E-state index in [1.165, 1.54) is 11.1 Å². The first-order chi connectivity index (χ1) is 9.74. The average molecular weight is 273 g/mol. The molecule has 1 aromatic carbocycles. The molecule has 0 aliphatic carbocycles. The smallest absolute Gasteiger partial charge is 0.237 e. The molecule has 108 valence electrons. The first kappa shape index (κ1) is 13.6. The largest absolute Gasteiger partial charge is 0.337 e. The van der Waals surface area contributed by atoms with Crippen molar-refractivity contribution in [2.75, 3.05) is 32.7 Å². The van der Waals surface area contributed by atoms with Crippen LogP contribution in [0.15, 0.2) is 24.3 Å². The highest BCUT2D eigenvalue weighted by Crippen LogP contribution is 2.18. The number of fused-ring (bicyclic) bond motifs is 1. The molecule has 0 aromatic heterocycles. The molecule has 4 heteroatoms. The lowest BCUT2D eigenvalue weighted by atomic mass is 10.00. The maximum atomic E-state index is 12.5. The Bertz CT molecular complexity index is 488. The fraction of sp³-hybridized carbons (Fsp3) is 0.562. The van der Waals surface area contributed by atoms with Crippen LogP contribution in [-0.4, -0.2) is 54.5 Å². The van der Waals surface area contributed by atoms with Crippen LogP contribution in [0.2, 0.25) is 0 Å². The third-order valence-corrected chi connectivity index (χ3v) is 4.46. The highest BCUT2D eigenvalue weighted by Gasteiger charge is 2.25. The van der Waals surface area contributed by atoms with Crippen molar-refractivity contribution in [3.63, 3.8) is 0 Å². The number of hydrogen-bond acceptors (Lipinski definition) is 3. The lowest BCUT2D eigenvalue weighted by molar-refractivity contribution is -0.134. The van der Waals surface area contributed by atoms with Crippen molar-refractivity contribution < 1.29 is 4.79 Å². The van der Waals surface area contributed by atoms with Crippen LogP contribution < -0.4 is 5.32 Å². The van der Waals surface area contributed by atoms with Crippen LogP contribution in [0.3, 0.4) is 0 Å². The van der Waals surface area contributed by atoms with Crippen molar-refractivity contribution in [3.05, 3.63) is 35.4 Å². The van der Waals surface area contributed by atoms with Gasteiger partial charge in [0.15, 0.2) is 0 Å². The minimum absolute atomic E-state index is 0.272. The summed E-state index contributed by atoms with van der Waals surface area (Å²) < 4.78 is 0. The molecule has 2 aliphatic rings. The summed E-state index contributed by atoms with van der Waals surface area (Å²) in [6.07, 6.45) is 0.985. The third kappa shape index (κ3) is 2.86. The molecule has 0 unspecified atom stereocenters. The third-order valence-electron chi connectivity index (χ3n) is 4.46. The van der Waals surface area contributed by atoms with Crippen molar-refractivity contribution in [3.8, 4) is 0 Å². The van der Waals surface area contributed by atoms with Gasteiger partial charge in [-0.15, -0.1) is 0 Å². The van der Waals surface area contributed by atoms with Gasteiger partial charge in [-0.3, -0.25) is 9.69 Å². The van der Waals surface area contributed by atoms with E-state index in [0.29, 0.717) is 12.6 Å². The fourth-order valence-corrected chi connectivity index (χ4v) is 3.10. The summed E-state index contributed by atoms with van der Waals surface area (Å²) in [4.78, 5) is 16.8. The summed E-state index contributed by atoms with van der Waals surface area (Å²) in [7, 11) is 0. The highest BCUT2D eigenvalue weighted by molar-refractivity contribution is 5.78. The Morgan fingerprint density at radius 1 is 1.30 bits per heavy atom. The zero-order chi connectivity index (χ0) is 13.9. The topological polar surface area (TPSA) is 35.6 Å². The average Bonchev–Trinajstić information content (AvgIpc) is 2.49. The molecular formula is C16H23N3O. The number of amides is 1. The van der Waals surface area contributed by atoms with Crippen molar-refractivity contribution in [1.82, 2.24) is 15.1 Å². The number of benzene rings is 1. The van der Waals surface area contributed by atoms with E-state index in [-0.39, 0.29) is 5.91 Å². The van der Waals surface area contributed by atoms with Gasteiger partial charge in [0.2, 0.25) is 5.91 Å². The molecule has 0 radical (unpaired) electrons. The molecule has 1 aromatic rings. The van der Waals surface area contributed by atoms with Crippen LogP contribution in [0.1, 0.15) is 18.1 Å². The molecular weight excluding hydrogens is 250 g/mol. The van der Waals surface area contributed by atoms with E-state index in [0.717, 1.165) is 39.1 Å². The van der Waals surface area contributed by atoms with Crippen molar-refractivity contribution >= 4 is 5.91 Å². The van der Waals surface area contributed by atoms with Crippen LogP contribution in [-0.2, 0) is 17.8 Å². The molecule has 1 saturated heterocycles. The van der Waals surface area contributed by atoms with E-state index in [1.807, 2.05) is 4.90 Å². The Morgan fingerprint density at radius 2 is 2.10 bits per heavy atom. The molecule has 1 amide bonds. The molecule has 0 bridgehead atoms. The van der Waals surface area contributed by atoms with Crippen LogP contribution >= 0.6 is 0 Å². The first-order valence-electron chi connectivity index (χ1n) is 7.53. The number of rotatable bonds is 2. The zero-order valence-electron chi connectivity index (χ0n) is 12.1. The van der Waals surface area contributed by atoms with Gasteiger partial charge >= 0.3 is 0 Å². The number of carbonyl (C=O) groups is 1. The van der Waals surface area contributed by atoms with Gasteiger partial charge in [0.05, 0.1) is 6.54 Å². The van der Waals surface area contributed by atoms with Crippen LogP contribution in [0.5, 0.6) is 0 Å². The molecule has 4 nitrogen and oxygen atoms in total. The number of hydrogen-bond donors (Lipinski definition) is 1. The van der Waals surface area contributed by atoms with E-state index < -0.39 is 0 Å². The summed E-state index contributed by atoms with van der Waals surface area (Å²) >= 11 is 0. The molecule has 3 rings (SSSR count). The van der Waals surface area contributed by atoms with Gasteiger partial charge in [0, 0.05) is 38.8 Å². The molecule has 2 aliphatic heterocycles. The molecule has 1 atom stereocenters. The second-order valence-corrected chi connectivity index (χ2v) is 5.86. The molecule has 1 N–H and O–H groups in total. The van der Waals surface area contributed by atoms with Gasteiger partial charge < -0.3 is 10.2 Å². The van der Waals surface area contributed by atoms with Gasteiger partial charge in [-0.25, -0.2) is 0 Å². The molecule has 1 fully saturated rings. The predicted octanol–water partition coefficient (Wildman–Crippen LogP) is 0.865. The van der Waals surface area contributed by atoms with Crippen LogP contribution in [0.25, 0.3) is 0 Å². The van der Waals surface area contributed by atoms with Gasteiger partial charge in [0.1, 0.15) is 0 Å². The van der Waals surface area contributed by atoms with Gasteiger partial charge in [-0.2, -0.15) is 0 Å². The maximum absolute atomic E-state index is 12.5. The minimum atomic E-state index is 0.272. The van der Waals surface area contributed by atoms with Gasteiger partial charge in [-0.05, 0) is 24.5 Å². The van der Waals surface area contributed by atoms with Crippen molar-refractivity contribution in [2.24, 2.45) is 0 Å². The van der Waals surface area contributed by atoms with E-state index in [9.17, 15) is 4.79 Å². The second-order valence-electron chi connectivity index (χ2n) is 5.86. The quantitative estimate of drug-likeness (QED) is 0.868. The molecule has 2 heterocycles. The summed E-state index contributed by atoms with van der Waals surface area (Å²) in [6, 6.07) is 8.91. The van der Waals surface area contributed by atoms with Crippen LogP contribution in [0.4, 0.5) is 0 Å². The van der Waals surface area contributed by atoms with Gasteiger partial charge in [-0.1, -0.05) is 24.3 Å². The number of piperazine rings is 1. The molecule has 0 saturated carbocycles. The summed E-state index contributed by atoms with van der Waals surface area (Å²) in [5, 5.41) is 3.36. The minimum Gasteiger partial charge on any atom is -0.337 e. The maximum Gasteiger partial charge on any atom is 0.237 e. The lowest BCUT2D eigenvalue weighted by Gasteiger charge is -2.36.